The first-order valence-electron chi connectivity index (χ1n) is 7.69. The van der Waals surface area contributed by atoms with Crippen molar-refractivity contribution in [1.29, 1.82) is 0 Å². The van der Waals surface area contributed by atoms with Gasteiger partial charge in [-0.15, -0.1) is 0 Å². The van der Waals surface area contributed by atoms with Crippen LogP contribution in [0.1, 0.15) is 52.9 Å². The summed E-state index contributed by atoms with van der Waals surface area (Å²) in [6, 6.07) is -0.211. The number of nitrogens with zero attached hydrogens (tertiary/aromatic N) is 1. The minimum atomic E-state index is -0.380. The average Bonchev–Trinajstić information content (AvgIpc) is 2.68. The number of hydrogen-bond donors (Lipinski definition) is 1. The van der Waals surface area contributed by atoms with Crippen LogP contribution in [0.25, 0.3) is 0 Å². The molecule has 2 amide bonds. The van der Waals surface area contributed by atoms with E-state index in [0.717, 1.165) is 25.7 Å². The van der Waals surface area contributed by atoms with Gasteiger partial charge in [0.25, 0.3) is 0 Å². The van der Waals surface area contributed by atoms with E-state index in [2.05, 4.69) is 12.2 Å². The Morgan fingerprint density at radius 2 is 1.95 bits per heavy atom. The van der Waals surface area contributed by atoms with Crippen LogP contribution in [0.2, 0.25) is 0 Å². The minimum absolute atomic E-state index is 0.0360. The Hall–Kier alpha value is -0.940. The first-order valence-corrected chi connectivity index (χ1v) is 7.69. The number of imide groups is 1. The summed E-state index contributed by atoms with van der Waals surface area (Å²) in [5, 5.41) is 3.29. The number of carbonyl (C=O) groups is 2. The van der Waals surface area contributed by atoms with E-state index >= 15 is 0 Å². The highest BCUT2D eigenvalue weighted by Gasteiger charge is 2.41. The second-order valence-corrected chi connectivity index (χ2v) is 5.44. The van der Waals surface area contributed by atoms with Gasteiger partial charge in [-0.2, -0.15) is 0 Å². The molecule has 116 valence electrons. The third-order valence-electron chi connectivity index (χ3n) is 3.93. The molecule has 0 aromatic carbocycles. The van der Waals surface area contributed by atoms with Crippen molar-refractivity contribution >= 4 is 11.8 Å². The fraction of sp³-hybridized carbons (Fsp3) is 0.867. The van der Waals surface area contributed by atoms with Gasteiger partial charge in [-0.05, 0) is 19.3 Å². The van der Waals surface area contributed by atoms with Gasteiger partial charge in [0.15, 0.2) is 0 Å². The van der Waals surface area contributed by atoms with Gasteiger partial charge in [0.2, 0.25) is 11.8 Å². The molecule has 0 saturated carbocycles. The van der Waals surface area contributed by atoms with Gasteiger partial charge in [-0.25, -0.2) is 0 Å². The van der Waals surface area contributed by atoms with Crippen LogP contribution in [0.3, 0.4) is 0 Å². The standard InChI is InChI=1S/C15H28N2O3/c1-5-8-11(10-20-4)16-13-9-14(18)17(15(13)19)12(6-2)7-3/h11-13,16H,5-10H2,1-4H3. The van der Waals surface area contributed by atoms with Crippen molar-refractivity contribution < 1.29 is 14.3 Å². The van der Waals surface area contributed by atoms with Crippen molar-refractivity contribution in [3.8, 4) is 0 Å². The van der Waals surface area contributed by atoms with Crippen molar-refractivity contribution in [1.82, 2.24) is 10.2 Å². The zero-order valence-corrected chi connectivity index (χ0v) is 13.1. The van der Waals surface area contributed by atoms with Gasteiger partial charge < -0.3 is 10.1 Å². The molecular formula is C15H28N2O3. The quantitative estimate of drug-likeness (QED) is 0.655. The summed E-state index contributed by atoms with van der Waals surface area (Å²) in [5.41, 5.74) is 0. The van der Waals surface area contributed by atoms with E-state index in [4.69, 9.17) is 4.74 Å². The average molecular weight is 284 g/mol. The molecule has 0 aromatic heterocycles. The molecule has 1 rings (SSSR count). The SMILES string of the molecule is CCCC(COC)NC1CC(=O)N(C(CC)CC)C1=O. The highest BCUT2D eigenvalue weighted by atomic mass is 16.5. The molecular weight excluding hydrogens is 256 g/mol. The Balaban J connectivity index is 2.69. The Bertz CT molecular complexity index is 323. The molecule has 0 aliphatic carbocycles. The van der Waals surface area contributed by atoms with Crippen molar-refractivity contribution in [3.63, 3.8) is 0 Å². The Morgan fingerprint density at radius 3 is 2.45 bits per heavy atom. The summed E-state index contributed by atoms with van der Waals surface area (Å²) in [4.78, 5) is 26.0. The molecule has 2 atom stereocenters. The number of ether oxygens (including phenoxy) is 1. The lowest BCUT2D eigenvalue weighted by atomic mass is 10.1. The summed E-state index contributed by atoms with van der Waals surface area (Å²) in [7, 11) is 1.66. The van der Waals surface area contributed by atoms with Crippen LogP contribution < -0.4 is 5.32 Å². The Morgan fingerprint density at radius 1 is 1.30 bits per heavy atom. The van der Waals surface area contributed by atoms with Crippen molar-refractivity contribution in [2.24, 2.45) is 0 Å². The molecule has 1 aliphatic heterocycles. The first-order chi connectivity index (χ1) is 9.58. The normalized spacial score (nSPS) is 21.1. The molecule has 0 radical (unpaired) electrons. The van der Waals surface area contributed by atoms with Crippen molar-refractivity contribution in [2.75, 3.05) is 13.7 Å². The lowest BCUT2D eigenvalue weighted by Gasteiger charge is -2.25. The summed E-state index contributed by atoms with van der Waals surface area (Å²) in [6.07, 6.45) is 3.87. The Labute approximate surface area is 122 Å². The smallest absolute Gasteiger partial charge is 0.247 e. The zero-order chi connectivity index (χ0) is 15.1. The van der Waals surface area contributed by atoms with E-state index < -0.39 is 0 Å². The monoisotopic (exact) mass is 284 g/mol. The highest BCUT2D eigenvalue weighted by Crippen LogP contribution is 2.20. The van der Waals surface area contributed by atoms with E-state index in [1.54, 1.807) is 7.11 Å². The molecule has 0 aromatic rings. The van der Waals surface area contributed by atoms with Crippen LogP contribution in [-0.2, 0) is 14.3 Å². The molecule has 0 bridgehead atoms. The summed E-state index contributed by atoms with van der Waals surface area (Å²) < 4.78 is 5.17. The lowest BCUT2D eigenvalue weighted by molar-refractivity contribution is -0.141. The number of rotatable bonds is 9. The molecule has 1 heterocycles. The minimum Gasteiger partial charge on any atom is -0.383 e. The predicted octanol–water partition coefficient (Wildman–Crippen LogP) is 1.71. The molecule has 5 nitrogen and oxygen atoms in total. The van der Waals surface area contributed by atoms with E-state index in [1.165, 1.54) is 4.90 Å². The van der Waals surface area contributed by atoms with Gasteiger partial charge in [-0.1, -0.05) is 27.2 Å². The van der Waals surface area contributed by atoms with Gasteiger partial charge in [-0.3, -0.25) is 14.5 Å². The van der Waals surface area contributed by atoms with E-state index in [-0.39, 0.29) is 36.4 Å². The molecule has 20 heavy (non-hydrogen) atoms. The topological polar surface area (TPSA) is 58.6 Å². The molecule has 1 fully saturated rings. The number of likely N-dealkylation sites (tertiary alicyclic amines) is 1. The second-order valence-electron chi connectivity index (χ2n) is 5.44. The summed E-state index contributed by atoms with van der Waals surface area (Å²) >= 11 is 0. The zero-order valence-electron chi connectivity index (χ0n) is 13.1. The number of hydrogen-bond acceptors (Lipinski definition) is 4. The highest BCUT2D eigenvalue weighted by molar-refractivity contribution is 6.05. The molecule has 0 spiro atoms. The molecule has 5 heteroatoms. The fourth-order valence-electron chi connectivity index (χ4n) is 2.87. The van der Waals surface area contributed by atoms with Gasteiger partial charge in [0.05, 0.1) is 19.1 Å². The van der Waals surface area contributed by atoms with Gasteiger partial charge in [0.1, 0.15) is 0 Å². The van der Waals surface area contributed by atoms with Crippen LogP contribution in [0.15, 0.2) is 0 Å². The maximum Gasteiger partial charge on any atom is 0.247 e. The van der Waals surface area contributed by atoms with Crippen LogP contribution in [0.4, 0.5) is 0 Å². The van der Waals surface area contributed by atoms with Crippen LogP contribution in [0, 0.1) is 0 Å². The molecule has 1 saturated heterocycles. The second kappa shape index (κ2) is 8.37. The first kappa shape index (κ1) is 17.1. The number of carbonyl (C=O) groups excluding carboxylic acids is 2. The van der Waals surface area contributed by atoms with E-state index in [9.17, 15) is 9.59 Å². The van der Waals surface area contributed by atoms with E-state index in [0.29, 0.717) is 6.61 Å². The van der Waals surface area contributed by atoms with Crippen LogP contribution in [-0.4, -0.2) is 48.6 Å². The molecule has 1 aliphatic rings. The number of amides is 2. The summed E-state index contributed by atoms with van der Waals surface area (Å²) in [6.45, 7) is 6.69. The Kier molecular flexibility index (Phi) is 7.16. The number of methoxy groups -OCH3 is 1. The summed E-state index contributed by atoms with van der Waals surface area (Å²) in [5.74, 6) is -0.116. The van der Waals surface area contributed by atoms with Crippen LogP contribution >= 0.6 is 0 Å². The van der Waals surface area contributed by atoms with Crippen molar-refractivity contribution in [2.45, 2.75) is 71.0 Å². The van der Waals surface area contributed by atoms with E-state index in [1.807, 2.05) is 13.8 Å². The molecule has 1 N–H and O–H groups in total. The third-order valence-corrected chi connectivity index (χ3v) is 3.93. The third kappa shape index (κ3) is 4.03. The molecule has 2 unspecified atom stereocenters. The van der Waals surface area contributed by atoms with Crippen LogP contribution in [0.5, 0.6) is 0 Å². The van der Waals surface area contributed by atoms with Gasteiger partial charge in [0, 0.05) is 19.2 Å². The lowest BCUT2D eigenvalue weighted by Crippen LogP contribution is -2.47. The largest absolute Gasteiger partial charge is 0.383 e. The maximum absolute atomic E-state index is 12.4. The number of nitrogens with one attached hydrogen (secondary N) is 1. The fourth-order valence-corrected chi connectivity index (χ4v) is 2.87. The predicted molar refractivity (Wildman–Crippen MR) is 78.3 cm³/mol. The van der Waals surface area contributed by atoms with Gasteiger partial charge >= 0.3 is 0 Å². The maximum atomic E-state index is 12.4. The van der Waals surface area contributed by atoms with Crippen molar-refractivity contribution in [3.05, 3.63) is 0 Å².